The second kappa shape index (κ2) is 6.57. The number of amides is 1. The standard InChI is InChI=1S/C20H17N5O2/c1-12-8-13(9-21)2-6-16(12)17-11-23-25(20(17)27)18-7-3-14(10-22-18)19(26)24-15-4-5-15/h2-3,6-8,10-11,15,27H,4-5H2,1H3,(H,24,26). The summed E-state index contributed by atoms with van der Waals surface area (Å²) in [7, 11) is 0. The summed E-state index contributed by atoms with van der Waals surface area (Å²) in [6.45, 7) is 1.87. The van der Waals surface area contributed by atoms with Crippen molar-refractivity contribution in [2.75, 3.05) is 0 Å². The van der Waals surface area contributed by atoms with E-state index in [1.165, 1.54) is 10.9 Å². The molecule has 7 nitrogen and oxygen atoms in total. The van der Waals surface area contributed by atoms with Gasteiger partial charge in [0.05, 0.1) is 29.0 Å². The molecule has 134 valence electrons. The normalized spacial score (nSPS) is 13.2. The number of rotatable bonds is 4. The first-order valence-electron chi connectivity index (χ1n) is 8.62. The van der Waals surface area contributed by atoms with Crippen LogP contribution < -0.4 is 5.32 Å². The van der Waals surface area contributed by atoms with E-state index in [0.29, 0.717) is 22.5 Å². The number of aromatic nitrogens is 3. The molecule has 2 heterocycles. The fourth-order valence-electron chi connectivity index (χ4n) is 2.88. The average Bonchev–Trinajstić information content (AvgIpc) is 3.42. The Morgan fingerprint density at radius 2 is 2.07 bits per heavy atom. The molecule has 0 atom stereocenters. The zero-order chi connectivity index (χ0) is 19.0. The molecular weight excluding hydrogens is 342 g/mol. The first kappa shape index (κ1) is 16.8. The van der Waals surface area contributed by atoms with Crippen molar-refractivity contribution in [2.45, 2.75) is 25.8 Å². The van der Waals surface area contributed by atoms with Gasteiger partial charge in [-0.1, -0.05) is 6.07 Å². The maximum Gasteiger partial charge on any atom is 0.253 e. The summed E-state index contributed by atoms with van der Waals surface area (Å²) in [5.41, 5.74) is 3.24. The number of carbonyl (C=O) groups is 1. The Morgan fingerprint density at radius 3 is 2.70 bits per heavy atom. The van der Waals surface area contributed by atoms with Crippen molar-refractivity contribution < 1.29 is 9.90 Å². The lowest BCUT2D eigenvalue weighted by atomic mass is 10.0. The lowest BCUT2D eigenvalue weighted by Gasteiger charge is -2.07. The van der Waals surface area contributed by atoms with Crippen molar-refractivity contribution in [3.05, 3.63) is 59.4 Å². The number of hydrogen-bond acceptors (Lipinski definition) is 5. The summed E-state index contributed by atoms with van der Waals surface area (Å²) in [5, 5.41) is 26.7. The number of pyridine rings is 1. The van der Waals surface area contributed by atoms with Crippen LogP contribution in [0.15, 0.2) is 42.7 Å². The SMILES string of the molecule is Cc1cc(C#N)ccc1-c1cnn(-c2ccc(C(=O)NC3CC3)cn2)c1O. The van der Waals surface area contributed by atoms with Gasteiger partial charge in [0, 0.05) is 12.2 Å². The predicted octanol–water partition coefficient (Wildman–Crippen LogP) is 2.71. The summed E-state index contributed by atoms with van der Waals surface area (Å²) in [4.78, 5) is 16.3. The van der Waals surface area contributed by atoms with Crippen LogP contribution in [0.5, 0.6) is 5.88 Å². The molecule has 4 rings (SSSR count). The number of carbonyl (C=O) groups excluding carboxylic acids is 1. The molecule has 0 saturated heterocycles. The molecule has 1 fully saturated rings. The van der Waals surface area contributed by atoms with Gasteiger partial charge in [0.2, 0.25) is 5.88 Å². The topological polar surface area (TPSA) is 104 Å². The van der Waals surface area contributed by atoms with Gasteiger partial charge in [0.1, 0.15) is 0 Å². The molecule has 1 aromatic carbocycles. The van der Waals surface area contributed by atoms with Gasteiger partial charge in [0.15, 0.2) is 5.82 Å². The van der Waals surface area contributed by atoms with Gasteiger partial charge in [-0.3, -0.25) is 4.79 Å². The minimum atomic E-state index is -0.143. The molecule has 0 unspecified atom stereocenters. The quantitative estimate of drug-likeness (QED) is 0.745. The predicted molar refractivity (Wildman–Crippen MR) is 98.4 cm³/mol. The molecule has 1 aliphatic rings. The number of nitrogens with one attached hydrogen (secondary N) is 1. The van der Waals surface area contributed by atoms with Crippen LogP contribution >= 0.6 is 0 Å². The molecule has 1 aliphatic carbocycles. The smallest absolute Gasteiger partial charge is 0.253 e. The van der Waals surface area contributed by atoms with Gasteiger partial charge < -0.3 is 10.4 Å². The first-order chi connectivity index (χ1) is 13.1. The highest BCUT2D eigenvalue weighted by Gasteiger charge is 2.24. The van der Waals surface area contributed by atoms with Crippen molar-refractivity contribution in [1.82, 2.24) is 20.1 Å². The van der Waals surface area contributed by atoms with E-state index in [1.807, 2.05) is 6.92 Å². The fraction of sp³-hybridized carbons (Fsp3) is 0.200. The maximum absolute atomic E-state index is 12.0. The second-order valence-electron chi connectivity index (χ2n) is 6.59. The highest BCUT2D eigenvalue weighted by Crippen LogP contribution is 2.33. The minimum absolute atomic E-state index is 0.0505. The molecule has 7 heteroatoms. The number of hydrogen-bond donors (Lipinski definition) is 2. The molecule has 0 aliphatic heterocycles. The van der Waals surface area contributed by atoms with Gasteiger partial charge in [-0.25, -0.2) is 4.98 Å². The average molecular weight is 359 g/mol. The Morgan fingerprint density at radius 1 is 1.26 bits per heavy atom. The maximum atomic E-state index is 12.0. The van der Waals surface area contributed by atoms with Crippen LogP contribution in [0.2, 0.25) is 0 Å². The fourth-order valence-corrected chi connectivity index (χ4v) is 2.88. The van der Waals surface area contributed by atoms with Crippen LogP contribution in [0.4, 0.5) is 0 Å². The van der Waals surface area contributed by atoms with Crippen LogP contribution in [-0.4, -0.2) is 31.8 Å². The summed E-state index contributed by atoms with van der Waals surface area (Å²) in [6, 6.07) is 10.9. The van der Waals surface area contributed by atoms with E-state index >= 15 is 0 Å². The van der Waals surface area contributed by atoms with E-state index < -0.39 is 0 Å². The molecule has 3 aromatic rings. The van der Waals surface area contributed by atoms with Gasteiger partial charge in [0.25, 0.3) is 5.91 Å². The Kier molecular flexibility index (Phi) is 4.09. The largest absolute Gasteiger partial charge is 0.493 e. The van der Waals surface area contributed by atoms with E-state index in [9.17, 15) is 9.90 Å². The minimum Gasteiger partial charge on any atom is -0.493 e. The van der Waals surface area contributed by atoms with Crippen LogP contribution in [0.25, 0.3) is 16.9 Å². The van der Waals surface area contributed by atoms with Crippen LogP contribution in [-0.2, 0) is 0 Å². The van der Waals surface area contributed by atoms with Crippen molar-refractivity contribution in [3.63, 3.8) is 0 Å². The molecular formula is C20H17N5O2. The van der Waals surface area contributed by atoms with Gasteiger partial charge in [-0.2, -0.15) is 15.0 Å². The van der Waals surface area contributed by atoms with E-state index in [2.05, 4.69) is 21.5 Å². The number of aryl methyl sites for hydroxylation is 1. The molecule has 1 saturated carbocycles. The number of nitriles is 1. The number of nitrogens with zero attached hydrogens (tertiary/aromatic N) is 4. The van der Waals surface area contributed by atoms with Crippen molar-refractivity contribution in [3.8, 4) is 28.9 Å². The second-order valence-corrected chi connectivity index (χ2v) is 6.59. The Balaban J connectivity index is 1.62. The molecule has 0 bridgehead atoms. The van der Waals surface area contributed by atoms with E-state index in [-0.39, 0.29) is 17.8 Å². The summed E-state index contributed by atoms with van der Waals surface area (Å²) < 4.78 is 1.32. The third kappa shape index (κ3) is 3.25. The van der Waals surface area contributed by atoms with Crippen LogP contribution in [0.1, 0.15) is 34.3 Å². The van der Waals surface area contributed by atoms with Crippen molar-refractivity contribution in [2.24, 2.45) is 0 Å². The Labute approximate surface area is 155 Å². The van der Waals surface area contributed by atoms with Crippen molar-refractivity contribution in [1.29, 1.82) is 5.26 Å². The Bertz CT molecular complexity index is 1060. The lowest BCUT2D eigenvalue weighted by molar-refractivity contribution is 0.0950. The van der Waals surface area contributed by atoms with E-state index in [1.54, 1.807) is 36.5 Å². The zero-order valence-corrected chi connectivity index (χ0v) is 14.7. The van der Waals surface area contributed by atoms with Crippen LogP contribution in [0, 0.1) is 18.3 Å². The van der Waals surface area contributed by atoms with Gasteiger partial charge >= 0.3 is 0 Å². The van der Waals surface area contributed by atoms with Crippen molar-refractivity contribution >= 4 is 5.91 Å². The van der Waals surface area contributed by atoms with E-state index in [4.69, 9.17) is 5.26 Å². The zero-order valence-electron chi connectivity index (χ0n) is 14.7. The lowest BCUT2D eigenvalue weighted by Crippen LogP contribution is -2.25. The first-order valence-corrected chi connectivity index (χ1v) is 8.62. The van der Waals surface area contributed by atoms with Gasteiger partial charge in [-0.05, 0) is 55.2 Å². The highest BCUT2D eigenvalue weighted by molar-refractivity contribution is 5.94. The third-order valence-corrected chi connectivity index (χ3v) is 4.53. The molecule has 2 N–H and O–H groups in total. The Hall–Kier alpha value is -3.66. The molecule has 0 radical (unpaired) electrons. The van der Waals surface area contributed by atoms with Gasteiger partial charge in [-0.15, -0.1) is 0 Å². The molecule has 1 amide bonds. The van der Waals surface area contributed by atoms with E-state index in [0.717, 1.165) is 24.0 Å². The molecule has 2 aromatic heterocycles. The molecule has 0 spiro atoms. The number of aromatic hydroxyl groups is 1. The monoisotopic (exact) mass is 359 g/mol. The highest BCUT2D eigenvalue weighted by atomic mass is 16.3. The molecule has 27 heavy (non-hydrogen) atoms. The summed E-state index contributed by atoms with van der Waals surface area (Å²) in [6.07, 6.45) is 5.08. The summed E-state index contributed by atoms with van der Waals surface area (Å²) in [5.74, 6) is 0.216. The summed E-state index contributed by atoms with van der Waals surface area (Å²) >= 11 is 0. The number of benzene rings is 1. The van der Waals surface area contributed by atoms with Crippen LogP contribution in [0.3, 0.4) is 0 Å². The third-order valence-electron chi connectivity index (χ3n) is 4.53.